The number of aromatic amines is 2. The van der Waals surface area contributed by atoms with E-state index >= 15 is 0 Å². The van der Waals surface area contributed by atoms with Crippen LogP contribution in [0, 0.1) is 28.5 Å². The van der Waals surface area contributed by atoms with E-state index in [-0.39, 0.29) is 5.82 Å². The fourth-order valence-corrected chi connectivity index (χ4v) is 5.84. The normalized spacial score (nSPS) is 12.3. The van der Waals surface area contributed by atoms with Crippen molar-refractivity contribution in [3.63, 3.8) is 0 Å². The van der Waals surface area contributed by atoms with E-state index in [1.165, 1.54) is 12.1 Å². The predicted molar refractivity (Wildman–Crippen MR) is 180 cm³/mol. The first-order valence-corrected chi connectivity index (χ1v) is 14.4. The molecule has 0 radical (unpaired) electrons. The number of allylic oxidation sites excluding steroid dienone is 4. The fourth-order valence-electron chi connectivity index (χ4n) is 5.84. The van der Waals surface area contributed by atoms with Crippen molar-refractivity contribution in [2.45, 2.75) is 0 Å². The van der Waals surface area contributed by atoms with Crippen LogP contribution in [0.2, 0.25) is 0 Å². The van der Waals surface area contributed by atoms with Crippen LogP contribution in [-0.2, 0) is 0 Å². The topological polar surface area (TPSA) is 131 Å². The van der Waals surface area contributed by atoms with E-state index in [1.807, 2.05) is 42.5 Å². The van der Waals surface area contributed by atoms with Gasteiger partial charge in [0.25, 0.3) is 0 Å². The molecule has 0 amide bonds. The molecule has 0 aliphatic rings. The van der Waals surface area contributed by atoms with Crippen LogP contribution < -0.4 is 5.73 Å². The van der Waals surface area contributed by atoms with Gasteiger partial charge >= 0.3 is 0 Å². The summed E-state index contributed by atoms with van der Waals surface area (Å²) in [6.07, 6.45) is 10.3. The second kappa shape index (κ2) is 11.7. The summed E-state index contributed by atoms with van der Waals surface area (Å²) in [4.78, 5) is 15.3. The van der Waals surface area contributed by atoms with Gasteiger partial charge in [-0.25, -0.2) is 4.39 Å². The first-order chi connectivity index (χ1) is 22.6. The standard InChI is InChI=1S/C38H24FN7/c39-27-8-5-23(6-9-27)24-7-11-35-29(15-24)33(21-45-35)31(17-40)37(25-3-1-13-43-19-25)38(26-4-2-14-44-20-26)32(18-41)34-22-46-36-12-10-28(42)16-30(34)36/h1-16,19-22,45-46H,42H2/b37-31-,38-32-. The van der Waals surface area contributed by atoms with Gasteiger partial charge in [0.1, 0.15) is 18.0 Å². The molecule has 4 N–H and O–H groups in total. The molecule has 0 saturated carbocycles. The van der Waals surface area contributed by atoms with Crippen LogP contribution in [0.15, 0.2) is 122 Å². The highest BCUT2D eigenvalue weighted by Gasteiger charge is 2.25. The molecule has 46 heavy (non-hydrogen) atoms. The van der Waals surface area contributed by atoms with E-state index in [4.69, 9.17) is 5.73 Å². The van der Waals surface area contributed by atoms with Crippen LogP contribution in [-0.4, -0.2) is 19.9 Å². The highest BCUT2D eigenvalue weighted by atomic mass is 19.1. The number of rotatable bonds is 6. The molecular formula is C38H24FN7. The SMILES string of the molecule is N#C/C(=C(/C(=C(/C#N)c1c[nH]c2ccc(-c3ccc(F)cc3)cc12)c1cccnc1)c1cccnc1)c1c[nH]c2ccc(N)cc12. The van der Waals surface area contributed by atoms with E-state index < -0.39 is 0 Å². The molecule has 0 unspecified atom stereocenters. The molecule has 0 fully saturated rings. The fraction of sp³-hybridized carbons (Fsp3) is 0. The first kappa shape index (κ1) is 28.0. The number of hydrogen-bond acceptors (Lipinski definition) is 5. The zero-order chi connectivity index (χ0) is 31.6. The molecule has 7 nitrogen and oxygen atoms in total. The number of nitrogens with one attached hydrogen (secondary N) is 2. The molecule has 0 atom stereocenters. The molecule has 8 heteroatoms. The Balaban J connectivity index is 1.59. The lowest BCUT2D eigenvalue weighted by Gasteiger charge is -2.18. The number of nitrogen functional groups attached to an aromatic ring is 1. The minimum absolute atomic E-state index is 0.316. The van der Waals surface area contributed by atoms with Crippen LogP contribution in [0.1, 0.15) is 22.3 Å². The van der Waals surface area contributed by atoms with Crippen molar-refractivity contribution in [3.05, 3.63) is 150 Å². The van der Waals surface area contributed by atoms with Gasteiger partial charge in [-0.1, -0.05) is 30.3 Å². The summed E-state index contributed by atoms with van der Waals surface area (Å²) < 4.78 is 13.7. The highest BCUT2D eigenvalue weighted by Crippen LogP contribution is 2.44. The summed E-state index contributed by atoms with van der Waals surface area (Å²) in [5, 5.41) is 23.4. The average Bonchev–Trinajstić information content (AvgIpc) is 3.71. The summed E-state index contributed by atoms with van der Waals surface area (Å²) in [6.45, 7) is 0. The third kappa shape index (κ3) is 4.96. The second-order valence-electron chi connectivity index (χ2n) is 10.7. The molecule has 0 saturated heterocycles. The molecule has 3 aromatic carbocycles. The van der Waals surface area contributed by atoms with E-state index in [0.717, 1.165) is 32.9 Å². The van der Waals surface area contributed by atoms with E-state index in [1.54, 1.807) is 67.5 Å². The van der Waals surface area contributed by atoms with Crippen LogP contribution in [0.25, 0.3) is 55.2 Å². The number of H-pyrrole nitrogens is 2. The molecule has 4 aromatic heterocycles. The Kier molecular flexibility index (Phi) is 7.14. The van der Waals surface area contributed by atoms with Gasteiger partial charge in [0.15, 0.2) is 0 Å². The van der Waals surface area contributed by atoms with Crippen molar-refractivity contribution in [2.24, 2.45) is 0 Å². The molecule has 0 spiro atoms. The average molecular weight is 598 g/mol. The molecule has 7 rings (SSSR count). The minimum atomic E-state index is -0.316. The monoisotopic (exact) mass is 597 g/mol. The Morgan fingerprint density at radius 3 is 1.70 bits per heavy atom. The Morgan fingerprint density at radius 1 is 0.652 bits per heavy atom. The number of nitrogens with two attached hydrogens (primary N) is 1. The molecule has 4 heterocycles. The first-order valence-electron chi connectivity index (χ1n) is 14.4. The molecule has 218 valence electrons. The summed E-state index contributed by atoms with van der Waals surface area (Å²) in [6, 6.07) is 29.9. The minimum Gasteiger partial charge on any atom is -0.399 e. The van der Waals surface area contributed by atoms with Crippen molar-refractivity contribution < 1.29 is 4.39 Å². The molecule has 0 aliphatic carbocycles. The van der Waals surface area contributed by atoms with Gasteiger partial charge in [0.05, 0.1) is 11.1 Å². The quantitative estimate of drug-likeness (QED) is 0.101. The molecule has 7 aromatic rings. The zero-order valence-corrected chi connectivity index (χ0v) is 24.3. The number of anilines is 1. The van der Waals surface area contributed by atoms with Gasteiger partial charge in [-0.05, 0) is 65.7 Å². The lowest BCUT2D eigenvalue weighted by atomic mass is 9.83. The Hall–Kier alpha value is -6.77. The van der Waals surface area contributed by atoms with Gasteiger partial charge in [0, 0.05) is 98.1 Å². The third-order valence-corrected chi connectivity index (χ3v) is 7.98. The summed E-state index contributed by atoms with van der Waals surface area (Å²) >= 11 is 0. The van der Waals surface area contributed by atoms with E-state index in [9.17, 15) is 14.9 Å². The number of hydrogen-bond donors (Lipinski definition) is 3. The second-order valence-corrected chi connectivity index (χ2v) is 10.7. The number of nitrogens with zero attached hydrogens (tertiary/aromatic N) is 4. The number of nitriles is 2. The zero-order valence-electron chi connectivity index (χ0n) is 24.3. The van der Waals surface area contributed by atoms with Gasteiger partial charge in [-0.3, -0.25) is 9.97 Å². The summed E-state index contributed by atoms with van der Waals surface area (Å²) in [5.74, 6) is -0.316. The third-order valence-electron chi connectivity index (χ3n) is 7.98. The number of benzene rings is 3. The lowest BCUT2D eigenvalue weighted by molar-refractivity contribution is 0.628. The number of fused-ring (bicyclic) bond motifs is 2. The maximum Gasteiger partial charge on any atom is 0.123 e. The van der Waals surface area contributed by atoms with Crippen LogP contribution in [0.5, 0.6) is 0 Å². The molecule has 0 aliphatic heterocycles. The summed E-state index contributed by atoms with van der Waals surface area (Å²) in [5.41, 5.74) is 14.4. The van der Waals surface area contributed by atoms with Gasteiger partial charge in [0.2, 0.25) is 0 Å². The maximum atomic E-state index is 13.7. The van der Waals surface area contributed by atoms with Gasteiger partial charge < -0.3 is 15.7 Å². The summed E-state index contributed by atoms with van der Waals surface area (Å²) in [7, 11) is 0. The highest BCUT2D eigenvalue weighted by molar-refractivity contribution is 6.27. The van der Waals surface area contributed by atoms with E-state index in [2.05, 4.69) is 32.1 Å². The van der Waals surface area contributed by atoms with Crippen LogP contribution >= 0.6 is 0 Å². The lowest BCUT2D eigenvalue weighted by Crippen LogP contribution is -2.00. The molecule has 0 bridgehead atoms. The van der Waals surface area contributed by atoms with Crippen molar-refractivity contribution >= 4 is 49.8 Å². The van der Waals surface area contributed by atoms with Crippen molar-refractivity contribution in [1.82, 2.24) is 19.9 Å². The Morgan fingerprint density at radius 2 is 1.17 bits per heavy atom. The number of halogens is 1. The Labute approximate surface area is 263 Å². The molecular weight excluding hydrogens is 573 g/mol. The predicted octanol–water partition coefficient (Wildman–Crippen LogP) is 8.40. The smallest absolute Gasteiger partial charge is 0.123 e. The van der Waals surface area contributed by atoms with Gasteiger partial charge in [-0.2, -0.15) is 10.5 Å². The maximum absolute atomic E-state index is 13.7. The van der Waals surface area contributed by atoms with E-state index in [0.29, 0.717) is 50.2 Å². The van der Waals surface area contributed by atoms with Crippen molar-refractivity contribution in [1.29, 1.82) is 10.5 Å². The largest absolute Gasteiger partial charge is 0.399 e. The van der Waals surface area contributed by atoms with Gasteiger partial charge in [-0.15, -0.1) is 0 Å². The Bertz CT molecular complexity index is 2390. The number of aromatic nitrogens is 4. The van der Waals surface area contributed by atoms with Crippen molar-refractivity contribution in [2.75, 3.05) is 5.73 Å². The van der Waals surface area contributed by atoms with Crippen LogP contribution in [0.4, 0.5) is 10.1 Å². The van der Waals surface area contributed by atoms with Crippen LogP contribution in [0.3, 0.4) is 0 Å². The van der Waals surface area contributed by atoms with Crippen molar-refractivity contribution in [3.8, 4) is 23.3 Å². The number of pyridine rings is 2.